The summed E-state index contributed by atoms with van der Waals surface area (Å²) < 4.78 is 0. The molecule has 0 aromatic heterocycles. The Morgan fingerprint density at radius 2 is 1.87 bits per heavy atom. The smallest absolute Gasteiger partial charge is 0.230 e. The van der Waals surface area contributed by atoms with Gasteiger partial charge in [-0.25, -0.2) is 0 Å². The van der Waals surface area contributed by atoms with Crippen LogP contribution < -0.4 is 5.32 Å². The van der Waals surface area contributed by atoms with Crippen LogP contribution in [0.4, 0.5) is 0 Å². The summed E-state index contributed by atoms with van der Waals surface area (Å²) in [6, 6.07) is 18.4. The molecule has 5 heteroatoms. The van der Waals surface area contributed by atoms with E-state index in [1.54, 1.807) is 12.1 Å². The van der Waals surface area contributed by atoms with Crippen molar-refractivity contribution in [3.63, 3.8) is 0 Å². The Balaban J connectivity index is 1.79. The van der Waals surface area contributed by atoms with Crippen molar-refractivity contribution >= 4 is 17.7 Å². The maximum atomic E-state index is 12.0. The van der Waals surface area contributed by atoms with Gasteiger partial charge >= 0.3 is 0 Å². The molecular formula is C18H18N2O2S. The molecule has 118 valence electrons. The summed E-state index contributed by atoms with van der Waals surface area (Å²) in [5.74, 6) is 0.920. The number of amides is 1. The van der Waals surface area contributed by atoms with Gasteiger partial charge in [0.05, 0.1) is 30.0 Å². The minimum absolute atomic E-state index is 0.105. The van der Waals surface area contributed by atoms with Gasteiger partial charge in [0.2, 0.25) is 5.91 Å². The first kappa shape index (κ1) is 17.1. The average molecular weight is 326 g/mol. The van der Waals surface area contributed by atoms with Gasteiger partial charge in [-0.05, 0) is 23.3 Å². The molecule has 1 amide bonds. The number of hydrogen-bond acceptors (Lipinski definition) is 4. The number of nitrogens with zero attached hydrogens (tertiary/aromatic N) is 1. The molecule has 2 N–H and O–H groups in total. The quantitative estimate of drug-likeness (QED) is 0.820. The van der Waals surface area contributed by atoms with Crippen molar-refractivity contribution in [2.45, 2.75) is 11.8 Å². The zero-order chi connectivity index (χ0) is 16.5. The summed E-state index contributed by atoms with van der Waals surface area (Å²) in [6.07, 6.45) is 0. The largest absolute Gasteiger partial charge is 0.394 e. The number of hydrogen-bond donors (Lipinski definition) is 2. The van der Waals surface area contributed by atoms with E-state index in [-0.39, 0.29) is 18.6 Å². The second-order valence-electron chi connectivity index (χ2n) is 5.01. The lowest BCUT2D eigenvalue weighted by atomic mass is 10.1. The lowest BCUT2D eigenvalue weighted by molar-refractivity contribution is -0.119. The molecule has 1 unspecified atom stereocenters. The van der Waals surface area contributed by atoms with Crippen LogP contribution in [0.3, 0.4) is 0 Å². The van der Waals surface area contributed by atoms with Crippen LogP contribution in [0.2, 0.25) is 0 Å². The van der Waals surface area contributed by atoms with E-state index in [2.05, 4.69) is 11.4 Å². The van der Waals surface area contributed by atoms with Gasteiger partial charge in [0, 0.05) is 5.75 Å². The van der Waals surface area contributed by atoms with Crippen LogP contribution in [-0.2, 0) is 10.5 Å². The number of nitriles is 1. The second-order valence-corrected chi connectivity index (χ2v) is 6.00. The van der Waals surface area contributed by atoms with Crippen molar-refractivity contribution < 1.29 is 9.90 Å². The molecule has 0 saturated carbocycles. The van der Waals surface area contributed by atoms with Crippen LogP contribution >= 0.6 is 11.8 Å². The molecule has 2 aromatic carbocycles. The van der Waals surface area contributed by atoms with E-state index >= 15 is 0 Å². The normalized spacial score (nSPS) is 11.5. The number of benzene rings is 2. The van der Waals surface area contributed by atoms with Crippen molar-refractivity contribution in [2.24, 2.45) is 0 Å². The van der Waals surface area contributed by atoms with E-state index < -0.39 is 0 Å². The van der Waals surface area contributed by atoms with Crippen molar-refractivity contribution in [2.75, 3.05) is 12.4 Å². The third-order valence-electron chi connectivity index (χ3n) is 3.30. The summed E-state index contributed by atoms with van der Waals surface area (Å²) in [7, 11) is 0. The van der Waals surface area contributed by atoms with Crippen LogP contribution in [-0.4, -0.2) is 23.4 Å². The number of nitrogens with one attached hydrogen (secondary N) is 1. The lowest BCUT2D eigenvalue weighted by Crippen LogP contribution is -2.32. The summed E-state index contributed by atoms with van der Waals surface area (Å²) in [4.78, 5) is 12.0. The van der Waals surface area contributed by atoms with E-state index in [1.165, 1.54) is 11.8 Å². The molecule has 0 aliphatic heterocycles. The van der Waals surface area contributed by atoms with Gasteiger partial charge < -0.3 is 10.4 Å². The molecule has 0 heterocycles. The van der Waals surface area contributed by atoms with Gasteiger partial charge in [0.1, 0.15) is 0 Å². The third-order valence-corrected chi connectivity index (χ3v) is 4.31. The molecule has 2 rings (SSSR count). The molecule has 4 nitrogen and oxygen atoms in total. The molecule has 1 atom stereocenters. The molecular weight excluding hydrogens is 308 g/mol. The van der Waals surface area contributed by atoms with Crippen LogP contribution in [0.5, 0.6) is 0 Å². The van der Waals surface area contributed by atoms with Gasteiger partial charge in [-0.3, -0.25) is 4.79 Å². The van der Waals surface area contributed by atoms with Gasteiger partial charge in [0.25, 0.3) is 0 Å². The molecule has 2 aromatic rings. The van der Waals surface area contributed by atoms with Gasteiger partial charge in [0.15, 0.2) is 0 Å². The minimum Gasteiger partial charge on any atom is -0.394 e. The van der Waals surface area contributed by atoms with Crippen molar-refractivity contribution in [1.29, 1.82) is 5.26 Å². The highest BCUT2D eigenvalue weighted by Crippen LogP contribution is 2.15. The second kappa shape index (κ2) is 8.99. The van der Waals surface area contributed by atoms with Gasteiger partial charge in [-0.15, -0.1) is 11.8 Å². The van der Waals surface area contributed by atoms with Gasteiger partial charge in [-0.2, -0.15) is 5.26 Å². The Hall–Kier alpha value is -2.29. The first-order valence-electron chi connectivity index (χ1n) is 7.25. The van der Waals surface area contributed by atoms with E-state index in [4.69, 9.17) is 5.26 Å². The number of carbonyl (C=O) groups excluding carboxylic acids is 1. The minimum atomic E-state index is -0.376. The number of carbonyl (C=O) groups is 1. The molecule has 0 aliphatic rings. The number of rotatable bonds is 7. The number of aliphatic hydroxyl groups is 1. The molecule has 0 bridgehead atoms. The van der Waals surface area contributed by atoms with E-state index in [0.717, 1.165) is 11.1 Å². The monoisotopic (exact) mass is 326 g/mol. The predicted molar refractivity (Wildman–Crippen MR) is 91.7 cm³/mol. The van der Waals surface area contributed by atoms with E-state index in [0.29, 0.717) is 17.1 Å². The number of aliphatic hydroxyl groups excluding tert-OH is 1. The third kappa shape index (κ3) is 5.44. The maximum Gasteiger partial charge on any atom is 0.230 e. The van der Waals surface area contributed by atoms with Crippen LogP contribution in [0.25, 0.3) is 0 Å². The lowest BCUT2D eigenvalue weighted by Gasteiger charge is -2.16. The standard InChI is InChI=1S/C18H18N2O2S/c19-10-14-6-8-15(9-7-14)12-23-13-18(22)20-17(11-21)16-4-2-1-3-5-16/h1-9,17,21H,11-13H2,(H,20,22). The fourth-order valence-electron chi connectivity index (χ4n) is 2.09. The Labute approximate surface area is 140 Å². The number of thioether (sulfide) groups is 1. The first-order valence-corrected chi connectivity index (χ1v) is 8.40. The SMILES string of the molecule is N#Cc1ccc(CSCC(=O)NC(CO)c2ccccc2)cc1. The maximum absolute atomic E-state index is 12.0. The van der Waals surface area contributed by atoms with Crippen LogP contribution in [0.15, 0.2) is 54.6 Å². The topological polar surface area (TPSA) is 73.1 Å². The van der Waals surface area contributed by atoms with E-state index in [9.17, 15) is 9.90 Å². The molecule has 0 spiro atoms. The highest BCUT2D eigenvalue weighted by Gasteiger charge is 2.13. The Morgan fingerprint density at radius 1 is 1.17 bits per heavy atom. The highest BCUT2D eigenvalue weighted by atomic mass is 32.2. The molecule has 23 heavy (non-hydrogen) atoms. The zero-order valence-electron chi connectivity index (χ0n) is 12.6. The highest BCUT2D eigenvalue weighted by molar-refractivity contribution is 7.99. The Bertz CT molecular complexity index is 666. The van der Waals surface area contributed by atoms with Crippen LogP contribution in [0, 0.1) is 11.3 Å². The van der Waals surface area contributed by atoms with Crippen LogP contribution in [0.1, 0.15) is 22.7 Å². The molecule has 0 fully saturated rings. The van der Waals surface area contributed by atoms with Crippen molar-refractivity contribution in [3.8, 4) is 6.07 Å². The molecule has 0 radical (unpaired) electrons. The fourth-order valence-corrected chi connectivity index (χ4v) is 2.89. The summed E-state index contributed by atoms with van der Waals surface area (Å²) in [5.41, 5.74) is 2.59. The van der Waals surface area contributed by atoms with E-state index in [1.807, 2.05) is 42.5 Å². The molecule has 0 aliphatic carbocycles. The predicted octanol–water partition coefficient (Wildman–Crippen LogP) is 2.64. The Kier molecular flexibility index (Phi) is 6.67. The summed E-state index contributed by atoms with van der Waals surface area (Å²) >= 11 is 1.50. The molecule has 0 saturated heterocycles. The Morgan fingerprint density at radius 3 is 2.48 bits per heavy atom. The summed E-state index contributed by atoms with van der Waals surface area (Å²) in [5, 5.41) is 21.0. The zero-order valence-corrected chi connectivity index (χ0v) is 13.4. The van der Waals surface area contributed by atoms with Gasteiger partial charge in [-0.1, -0.05) is 42.5 Å². The van der Waals surface area contributed by atoms with Crippen molar-refractivity contribution in [1.82, 2.24) is 5.32 Å². The van der Waals surface area contributed by atoms with Crippen molar-refractivity contribution in [3.05, 3.63) is 71.3 Å². The first-order chi connectivity index (χ1) is 11.2. The fraction of sp³-hybridized carbons (Fsp3) is 0.222. The summed E-state index contributed by atoms with van der Waals surface area (Å²) in [6.45, 7) is -0.129. The average Bonchev–Trinajstić information content (AvgIpc) is 2.61.